The molecule has 0 fully saturated rings. The zero-order valence-electron chi connectivity index (χ0n) is 25.3. The average molecular weight is 707 g/mol. The Kier molecular flexibility index (Phi) is 8.27. The standard InChI is InChI=1S/C28H36IN8O4P/c1-15-13-36(27(38)41-28(4,5)6)14-22-18(25(39-9)33-34(22)7)10-11-20-19-12-21(23-16(2)31-35(8)26(23)40-15)30-17(3)24(19)37(32-20)42-29/h10-12,15,42H,13-14H2,1-9H3/b11-10+. The molecule has 0 saturated heterocycles. The molecule has 5 rings (SSSR count). The van der Waals surface area contributed by atoms with Crippen LogP contribution in [-0.2, 0) is 25.4 Å². The van der Waals surface area contributed by atoms with Gasteiger partial charge < -0.3 is 14.2 Å². The minimum Gasteiger partial charge on any atom is -0.480 e. The summed E-state index contributed by atoms with van der Waals surface area (Å²) in [6.45, 7) is 11.9. The van der Waals surface area contributed by atoms with Crippen molar-refractivity contribution in [1.29, 1.82) is 0 Å². The fourth-order valence-corrected chi connectivity index (χ4v) is 6.74. The number of carbonyl (C=O) groups is 1. The largest absolute Gasteiger partial charge is 0.480 e. The van der Waals surface area contributed by atoms with Crippen LogP contribution in [0.5, 0.6) is 11.8 Å². The molecule has 2 atom stereocenters. The molecule has 1 amide bonds. The molecule has 42 heavy (non-hydrogen) atoms. The summed E-state index contributed by atoms with van der Waals surface area (Å²) in [5, 5.41) is 15.1. The number of rotatable bonds is 2. The van der Waals surface area contributed by atoms with Crippen LogP contribution < -0.4 is 9.47 Å². The Morgan fingerprint density at radius 3 is 2.52 bits per heavy atom. The summed E-state index contributed by atoms with van der Waals surface area (Å²) in [7, 11) is 5.27. The molecule has 0 spiro atoms. The Morgan fingerprint density at radius 2 is 1.86 bits per heavy atom. The number of carbonyl (C=O) groups excluding carboxylic acids is 1. The van der Waals surface area contributed by atoms with Crippen molar-refractivity contribution in [2.75, 3.05) is 13.7 Å². The van der Waals surface area contributed by atoms with Crippen molar-refractivity contribution in [2.24, 2.45) is 14.1 Å². The van der Waals surface area contributed by atoms with Crippen LogP contribution >= 0.6 is 28.4 Å². The number of nitrogens with zero attached hydrogens (tertiary/aromatic N) is 8. The van der Waals surface area contributed by atoms with Gasteiger partial charge in [0.2, 0.25) is 11.8 Å². The molecular weight excluding hydrogens is 670 g/mol. The number of methoxy groups -OCH3 is 1. The normalized spacial score (nSPS) is 16.7. The van der Waals surface area contributed by atoms with Crippen LogP contribution in [0.1, 0.15) is 56.0 Å². The zero-order valence-corrected chi connectivity index (χ0v) is 28.5. The maximum absolute atomic E-state index is 13.5. The van der Waals surface area contributed by atoms with Gasteiger partial charge in [-0.3, -0.25) is 14.6 Å². The number of fused-ring (bicyclic) bond motifs is 4. The maximum Gasteiger partial charge on any atom is 0.410 e. The molecule has 0 radical (unpaired) electrons. The van der Waals surface area contributed by atoms with Crippen LogP contribution in [0.4, 0.5) is 4.79 Å². The Bertz CT molecular complexity index is 1700. The van der Waals surface area contributed by atoms with Gasteiger partial charge in [0.25, 0.3) is 0 Å². The fourth-order valence-electron chi connectivity index (χ4n) is 5.18. The first-order chi connectivity index (χ1) is 19.8. The second-order valence-electron chi connectivity index (χ2n) is 11.4. The van der Waals surface area contributed by atoms with Crippen LogP contribution in [0.3, 0.4) is 0 Å². The summed E-state index contributed by atoms with van der Waals surface area (Å²) in [6.07, 6.45) is 3.45. The van der Waals surface area contributed by atoms with E-state index in [0.29, 0.717) is 18.1 Å². The van der Waals surface area contributed by atoms with E-state index in [1.54, 1.807) is 21.4 Å². The van der Waals surface area contributed by atoms with Gasteiger partial charge in [-0.1, -0.05) is 0 Å². The average Bonchev–Trinajstić information content (AvgIpc) is 3.51. The van der Waals surface area contributed by atoms with Crippen LogP contribution in [-0.4, -0.2) is 70.4 Å². The first kappa shape index (κ1) is 30.3. The molecule has 14 heteroatoms. The first-order valence-electron chi connectivity index (χ1n) is 13.5. The van der Waals surface area contributed by atoms with E-state index in [2.05, 4.69) is 38.3 Å². The number of aryl methyl sites for hydroxylation is 4. The second-order valence-corrected chi connectivity index (χ2v) is 13.4. The van der Waals surface area contributed by atoms with Crippen molar-refractivity contribution in [3.8, 4) is 23.0 Å². The number of hydrogen-bond donors (Lipinski definition) is 0. The third kappa shape index (κ3) is 5.72. The van der Waals surface area contributed by atoms with Gasteiger partial charge >= 0.3 is 6.09 Å². The Morgan fingerprint density at radius 1 is 1.12 bits per heavy atom. The van der Waals surface area contributed by atoms with Crippen LogP contribution in [0.25, 0.3) is 34.3 Å². The molecule has 5 heterocycles. The van der Waals surface area contributed by atoms with Gasteiger partial charge in [-0.2, -0.15) is 10.2 Å². The topological polar surface area (TPSA) is 114 Å². The van der Waals surface area contributed by atoms with Crippen LogP contribution in [0.15, 0.2) is 6.07 Å². The quantitative estimate of drug-likeness (QED) is 0.194. The summed E-state index contributed by atoms with van der Waals surface area (Å²) in [4.78, 5) is 20.1. The third-order valence-electron chi connectivity index (χ3n) is 6.92. The molecule has 1 aliphatic rings. The fraction of sp³-hybridized carbons (Fsp3) is 0.464. The summed E-state index contributed by atoms with van der Waals surface area (Å²) >= 11 is 2.33. The highest BCUT2D eigenvalue weighted by Gasteiger charge is 2.29. The van der Waals surface area contributed by atoms with Crippen molar-refractivity contribution in [3.63, 3.8) is 0 Å². The number of ether oxygens (including phenoxy) is 3. The van der Waals surface area contributed by atoms with E-state index in [4.69, 9.17) is 24.3 Å². The van der Waals surface area contributed by atoms with E-state index in [-0.39, 0.29) is 13.1 Å². The molecule has 2 unspecified atom stereocenters. The molecule has 2 bridgehead atoms. The molecular formula is C28H36IN8O4P. The molecule has 0 saturated carbocycles. The predicted octanol–water partition coefficient (Wildman–Crippen LogP) is 5.67. The second kappa shape index (κ2) is 11.5. The van der Waals surface area contributed by atoms with Crippen molar-refractivity contribution < 1.29 is 19.0 Å². The van der Waals surface area contributed by atoms with Gasteiger partial charge in [0.1, 0.15) is 11.7 Å². The molecule has 4 aromatic heterocycles. The number of aromatic nitrogens is 7. The lowest BCUT2D eigenvalue weighted by Crippen LogP contribution is -2.42. The minimum atomic E-state index is -0.672. The Balaban J connectivity index is 1.76. The monoisotopic (exact) mass is 706 g/mol. The van der Waals surface area contributed by atoms with Gasteiger partial charge in [-0.25, -0.2) is 13.9 Å². The van der Waals surface area contributed by atoms with Crippen molar-refractivity contribution in [3.05, 3.63) is 34.4 Å². The lowest BCUT2D eigenvalue weighted by atomic mass is 10.1. The van der Waals surface area contributed by atoms with Gasteiger partial charge in [0, 0.05) is 19.5 Å². The van der Waals surface area contributed by atoms with Gasteiger partial charge in [-0.05, 0) is 81.8 Å². The van der Waals surface area contributed by atoms with Crippen LogP contribution in [0, 0.1) is 13.8 Å². The molecule has 0 aromatic carbocycles. The molecule has 4 aromatic rings. The van der Waals surface area contributed by atoms with Gasteiger partial charge in [-0.15, -0.1) is 5.10 Å². The Hall–Kier alpha value is -3.19. The van der Waals surface area contributed by atoms with Crippen LogP contribution in [0.2, 0.25) is 0 Å². The van der Waals surface area contributed by atoms with E-state index in [1.807, 2.05) is 72.2 Å². The van der Waals surface area contributed by atoms with E-state index in [0.717, 1.165) is 50.5 Å². The number of hydrogen-bond acceptors (Lipinski definition) is 8. The van der Waals surface area contributed by atoms with E-state index in [1.165, 1.54) is 0 Å². The van der Waals surface area contributed by atoms with Crippen molar-refractivity contribution >= 4 is 57.6 Å². The van der Waals surface area contributed by atoms with Crippen molar-refractivity contribution in [2.45, 2.75) is 59.8 Å². The maximum atomic E-state index is 13.5. The lowest BCUT2D eigenvalue weighted by molar-refractivity contribution is 0.0152. The SMILES string of the molecule is COc1nn(C)c2c1/C=C/c1nn(PI)c3c(C)nc(cc13)-c1c(C)nn(C)c1OC(C)CN(C(=O)OC(C)(C)C)C2. The molecule has 12 nitrogen and oxygen atoms in total. The first-order valence-corrected chi connectivity index (χ1v) is 17.6. The minimum absolute atomic E-state index is 0.222. The predicted molar refractivity (Wildman–Crippen MR) is 172 cm³/mol. The highest BCUT2D eigenvalue weighted by Crippen LogP contribution is 2.38. The summed E-state index contributed by atoms with van der Waals surface area (Å²) in [5.74, 6) is 1.03. The highest BCUT2D eigenvalue weighted by atomic mass is 127. The smallest absolute Gasteiger partial charge is 0.410 e. The van der Waals surface area contributed by atoms with Crippen molar-refractivity contribution in [1.82, 2.24) is 39.0 Å². The molecule has 1 aliphatic heterocycles. The number of halogens is 1. The van der Waals surface area contributed by atoms with E-state index in [9.17, 15) is 4.79 Å². The summed E-state index contributed by atoms with van der Waals surface area (Å²) < 4.78 is 23.4. The number of pyridine rings is 1. The molecule has 0 N–H and O–H groups in total. The molecule has 0 aliphatic carbocycles. The van der Waals surface area contributed by atoms with Gasteiger partial charge in [0.15, 0.2) is 0 Å². The summed E-state index contributed by atoms with van der Waals surface area (Å²) in [6, 6.07) is 2.05. The van der Waals surface area contributed by atoms with E-state index < -0.39 is 17.8 Å². The summed E-state index contributed by atoms with van der Waals surface area (Å²) in [5.41, 5.74) is 5.84. The van der Waals surface area contributed by atoms with Gasteiger partial charge in [0.05, 0.1) is 71.7 Å². The highest BCUT2D eigenvalue weighted by molar-refractivity contribution is 14.2. The number of amides is 1. The lowest BCUT2D eigenvalue weighted by Gasteiger charge is -2.29. The van der Waals surface area contributed by atoms with E-state index >= 15 is 0 Å². The Labute approximate surface area is 259 Å². The molecule has 224 valence electrons. The third-order valence-corrected chi connectivity index (χ3v) is 8.78. The zero-order chi connectivity index (χ0) is 30.5.